The Bertz CT molecular complexity index is 968. The minimum absolute atomic E-state index is 0.193. The number of anilines is 2. The molecule has 3 aromatic rings. The van der Waals surface area contributed by atoms with Crippen molar-refractivity contribution in [1.29, 1.82) is 0 Å². The van der Waals surface area contributed by atoms with Crippen molar-refractivity contribution in [2.45, 2.75) is 26.8 Å². The Morgan fingerprint density at radius 1 is 1.27 bits per heavy atom. The molecule has 0 aliphatic rings. The predicted molar refractivity (Wildman–Crippen MR) is 103 cm³/mol. The number of hydrogen-bond acceptors (Lipinski definition) is 5. The van der Waals surface area contributed by atoms with E-state index in [0.717, 1.165) is 16.8 Å². The quantitative estimate of drug-likeness (QED) is 0.686. The maximum atomic E-state index is 12.6. The van der Waals surface area contributed by atoms with Crippen LogP contribution in [-0.4, -0.2) is 24.0 Å². The van der Waals surface area contributed by atoms with Crippen LogP contribution in [-0.2, 0) is 4.79 Å². The van der Waals surface area contributed by atoms with Crippen LogP contribution >= 0.6 is 11.6 Å². The molecule has 2 aromatic carbocycles. The highest BCUT2D eigenvalue weighted by molar-refractivity contribution is 6.31. The van der Waals surface area contributed by atoms with Crippen LogP contribution in [0.25, 0.3) is 11.1 Å². The van der Waals surface area contributed by atoms with Crippen LogP contribution < -0.4 is 15.4 Å². The lowest BCUT2D eigenvalue weighted by Gasteiger charge is -2.17. The summed E-state index contributed by atoms with van der Waals surface area (Å²) in [6.45, 7) is 5.45. The van der Waals surface area contributed by atoms with E-state index in [4.69, 9.17) is 20.8 Å². The number of fused-ring (bicyclic) bond motifs is 1. The van der Waals surface area contributed by atoms with E-state index in [1.54, 1.807) is 26.0 Å². The van der Waals surface area contributed by atoms with Crippen LogP contribution in [0.4, 0.5) is 11.4 Å². The van der Waals surface area contributed by atoms with Crippen LogP contribution in [0.15, 0.2) is 34.7 Å². The molecule has 26 heavy (non-hydrogen) atoms. The van der Waals surface area contributed by atoms with Crippen molar-refractivity contribution in [2.75, 3.05) is 17.7 Å². The van der Waals surface area contributed by atoms with Crippen LogP contribution in [0.5, 0.6) is 5.75 Å². The summed E-state index contributed by atoms with van der Waals surface area (Å²) in [6, 6.07) is 8.53. The van der Waals surface area contributed by atoms with Crippen molar-refractivity contribution in [1.82, 2.24) is 4.98 Å². The Morgan fingerprint density at radius 2 is 2.04 bits per heavy atom. The van der Waals surface area contributed by atoms with Gasteiger partial charge in [0.15, 0.2) is 11.5 Å². The molecule has 1 atom stereocenters. The highest BCUT2D eigenvalue weighted by Crippen LogP contribution is 2.31. The monoisotopic (exact) mass is 373 g/mol. The van der Waals surface area contributed by atoms with Crippen molar-refractivity contribution in [2.24, 2.45) is 0 Å². The van der Waals surface area contributed by atoms with Gasteiger partial charge in [0.25, 0.3) is 0 Å². The second-order valence-electron chi connectivity index (χ2n) is 6.07. The number of oxazole rings is 1. The van der Waals surface area contributed by atoms with Crippen molar-refractivity contribution >= 4 is 40.0 Å². The normalized spacial score (nSPS) is 12.0. The highest BCUT2D eigenvalue weighted by Gasteiger charge is 2.16. The van der Waals surface area contributed by atoms with E-state index in [-0.39, 0.29) is 5.91 Å². The number of hydrogen-bond donors (Lipinski definition) is 2. The molecule has 3 rings (SSSR count). The van der Waals surface area contributed by atoms with E-state index in [2.05, 4.69) is 15.6 Å². The Hall–Kier alpha value is -2.73. The molecule has 7 heteroatoms. The van der Waals surface area contributed by atoms with E-state index in [1.165, 1.54) is 7.11 Å². The molecule has 0 fully saturated rings. The minimum Gasteiger partial charge on any atom is -0.495 e. The summed E-state index contributed by atoms with van der Waals surface area (Å²) in [7, 11) is 1.54. The number of methoxy groups -OCH3 is 1. The molecular formula is C19H20ClN3O3. The van der Waals surface area contributed by atoms with Gasteiger partial charge in [0.1, 0.15) is 17.3 Å². The third kappa shape index (κ3) is 3.75. The van der Waals surface area contributed by atoms with Gasteiger partial charge in [0, 0.05) is 23.7 Å². The Morgan fingerprint density at radius 3 is 2.77 bits per heavy atom. The highest BCUT2D eigenvalue weighted by atomic mass is 35.5. The summed E-state index contributed by atoms with van der Waals surface area (Å²) >= 11 is 6.10. The number of nitrogens with one attached hydrogen (secondary N) is 2. The average Bonchev–Trinajstić information content (AvgIpc) is 2.97. The van der Waals surface area contributed by atoms with E-state index in [0.29, 0.717) is 27.9 Å². The van der Waals surface area contributed by atoms with Gasteiger partial charge in [-0.25, -0.2) is 4.98 Å². The lowest BCUT2D eigenvalue weighted by Crippen LogP contribution is -2.32. The number of carbonyl (C=O) groups excluding carboxylic acids is 1. The molecular weight excluding hydrogens is 354 g/mol. The average molecular weight is 374 g/mol. The molecule has 6 nitrogen and oxygen atoms in total. The van der Waals surface area contributed by atoms with E-state index in [9.17, 15) is 4.79 Å². The van der Waals surface area contributed by atoms with Gasteiger partial charge >= 0.3 is 0 Å². The molecule has 0 saturated carbocycles. The third-order valence-electron chi connectivity index (χ3n) is 4.01. The molecule has 136 valence electrons. The fourth-order valence-corrected chi connectivity index (χ4v) is 2.77. The fraction of sp³-hybridized carbons (Fsp3) is 0.263. The topological polar surface area (TPSA) is 76.4 Å². The Kier molecular flexibility index (Phi) is 5.04. The zero-order valence-electron chi connectivity index (χ0n) is 15.0. The second kappa shape index (κ2) is 7.25. The van der Waals surface area contributed by atoms with E-state index in [1.807, 2.05) is 25.1 Å². The van der Waals surface area contributed by atoms with Gasteiger partial charge in [-0.3, -0.25) is 4.79 Å². The Labute approximate surface area is 156 Å². The third-order valence-corrected chi connectivity index (χ3v) is 4.42. The SMILES string of the molecule is COc1cc(Cl)c(C)cc1NC(=O)[C@@H](C)Nc1ccc2oc(C)nc2c1. The molecule has 1 aromatic heterocycles. The minimum atomic E-state index is -0.471. The molecule has 0 saturated heterocycles. The maximum Gasteiger partial charge on any atom is 0.246 e. The first-order chi connectivity index (χ1) is 12.4. The van der Waals surface area contributed by atoms with E-state index >= 15 is 0 Å². The summed E-state index contributed by atoms with van der Waals surface area (Å²) in [5.74, 6) is 0.926. The lowest BCUT2D eigenvalue weighted by molar-refractivity contribution is -0.116. The summed E-state index contributed by atoms with van der Waals surface area (Å²) in [6.07, 6.45) is 0. The number of amides is 1. The first-order valence-corrected chi connectivity index (χ1v) is 8.54. The first-order valence-electron chi connectivity index (χ1n) is 8.16. The van der Waals surface area contributed by atoms with Crippen LogP contribution in [0.2, 0.25) is 5.02 Å². The smallest absolute Gasteiger partial charge is 0.246 e. The second-order valence-corrected chi connectivity index (χ2v) is 6.48. The van der Waals surface area contributed by atoms with Gasteiger partial charge in [-0.05, 0) is 43.7 Å². The fourth-order valence-electron chi connectivity index (χ4n) is 2.62. The van der Waals surface area contributed by atoms with Crippen LogP contribution in [0.3, 0.4) is 0 Å². The summed E-state index contributed by atoms with van der Waals surface area (Å²) in [5, 5.41) is 6.62. The van der Waals surface area contributed by atoms with Gasteiger partial charge in [-0.1, -0.05) is 11.6 Å². The molecule has 0 radical (unpaired) electrons. The maximum absolute atomic E-state index is 12.6. The molecule has 0 aliphatic carbocycles. The van der Waals surface area contributed by atoms with Crippen LogP contribution in [0.1, 0.15) is 18.4 Å². The van der Waals surface area contributed by atoms with Crippen LogP contribution in [0, 0.1) is 13.8 Å². The number of halogens is 1. The van der Waals surface area contributed by atoms with Gasteiger partial charge in [0.05, 0.1) is 12.8 Å². The molecule has 0 aliphatic heterocycles. The Balaban J connectivity index is 1.74. The standard InChI is InChI=1S/C19H20ClN3O3/c1-10-7-15(18(25-4)9-14(10)20)23-19(24)11(2)21-13-5-6-17-16(8-13)22-12(3)26-17/h5-9,11,21H,1-4H3,(H,23,24)/t11-/m1/s1. The van der Waals surface area contributed by atoms with Gasteiger partial charge in [0.2, 0.25) is 5.91 Å². The summed E-state index contributed by atoms with van der Waals surface area (Å²) in [5.41, 5.74) is 3.68. The molecule has 1 heterocycles. The molecule has 0 unspecified atom stereocenters. The van der Waals surface area contributed by atoms with Gasteiger partial charge in [-0.15, -0.1) is 0 Å². The van der Waals surface area contributed by atoms with Crippen molar-refractivity contribution < 1.29 is 13.9 Å². The molecule has 0 bridgehead atoms. The number of aromatic nitrogens is 1. The molecule has 1 amide bonds. The summed E-state index contributed by atoms with van der Waals surface area (Å²) < 4.78 is 10.8. The van der Waals surface area contributed by atoms with Gasteiger partial charge in [-0.2, -0.15) is 0 Å². The number of ether oxygens (including phenoxy) is 1. The van der Waals surface area contributed by atoms with E-state index < -0.39 is 6.04 Å². The van der Waals surface area contributed by atoms with Crippen molar-refractivity contribution in [3.8, 4) is 5.75 Å². The largest absolute Gasteiger partial charge is 0.495 e. The first kappa shape index (κ1) is 18.1. The predicted octanol–water partition coefficient (Wildman–Crippen LogP) is 4.55. The number of benzene rings is 2. The lowest BCUT2D eigenvalue weighted by atomic mass is 10.2. The number of aryl methyl sites for hydroxylation is 2. The number of rotatable bonds is 5. The molecule has 2 N–H and O–H groups in total. The molecule has 0 spiro atoms. The van der Waals surface area contributed by atoms with Crippen molar-refractivity contribution in [3.05, 3.63) is 46.8 Å². The zero-order chi connectivity index (χ0) is 18.8. The number of nitrogens with zero attached hydrogens (tertiary/aromatic N) is 1. The van der Waals surface area contributed by atoms with Crippen molar-refractivity contribution in [3.63, 3.8) is 0 Å². The summed E-state index contributed by atoms with van der Waals surface area (Å²) in [4.78, 5) is 16.9. The van der Waals surface area contributed by atoms with Gasteiger partial charge < -0.3 is 19.8 Å². The zero-order valence-corrected chi connectivity index (χ0v) is 15.8. The number of carbonyl (C=O) groups is 1.